The van der Waals surface area contributed by atoms with Gasteiger partial charge in [-0.25, -0.2) is 5.43 Å². The molecule has 0 spiro atoms. The zero-order chi connectivity index (χ0) is 17.1. The zero-order valence-electron chi connectivity index (χ0n) is 12.5. The normalized spacial score (nSPS) is 11.0. The monoisotopic (exact) mass is 322 g/mol. The summed E-state index contributed by atoms with van der Waals surface area (Å²) in [5.74, 6) is -1.06. The first kappa shape index (κ1) is 15.4. The molecule has 3 aromatic rings. The lowest BCUT2D eigenvalue weighted by Gasteiger charge is -2.05. The van der Waals surface area contributed by atoms with Gasteiger partial charge in [-0.2, -0.15) is 5.10 Å². The first-order valence-corrected chi connectivity index (χ1v) is 7.12. The summed E-state index contributed by atoms with van der Waals surface area (Å²) in [4.78, 5) is 12.0. The molecule has 0 aliphatic heterocycles. The molecule has 4 N–H and O–H groups in total. The summed E-state index contributed by atoms with van der Waals surface area (Å²) in [6.45, 7) is 0. The highest BCUT2D eigenvalue weighted by Gasteiger charge is 2.11. The molecule has 6 heteroatoms. The Balaban J connectivity index is 1.86. The molecule has 3 aromatic carbocycles. The number of fused-ring (bicyclic) bond motifs is 1. The Bertz CT molecular complexity index is 951. The molecule has 0 unspecified atom stereocenters. The van der Waals surface area contributed by atoms with Crippen LogP contribution < -0.4 is 5.43 Å². The van der Waals surface area contributed by atoms with Gasteiger partial charge in [0.05, 0.1) is 11.8 Å². The average molecular weight is 322 g/mol. The van der Waals surface area contributed by atoms with Crippen molar-refractivity contribution >= 4 is 22.9 Å². The maximum atomic E-state index is 12.0. The molecule has 0 aromatic heterocycles. The first-order valence-electron chi connectivity index (χ1n) is 7.12. The predicted octanol–water partition coefficient (Wildman–Crippen LogP) is 2.72. The van der Waals surface area contributed by atoms with Crippen LogP contribution in [0.1, 0.15) is 15.9 Å². The Kier molecular flexibility index (Phi) is 4.03. The summed E-state index contributed by atoms with van der Waals surface area (Å²) in [5.41, 5.74) is 2.62. The minimum atomic E-state index is -0.681. The predicted molar refractivity (Wildman–Crippen MR) is 90.4 cm³/mol. The third-order valence-electron chi connectivity index (χ3n) is 3.53. The van der Waals surface area contributed by atoms with E-state index in [9.17, 15) is 20.1 Å². The summed E-state index contributed by atoms with van der Waals surface area (Å²) in [5, 5.41) is 34.6. The van der Waals surface area contributed by atoms with E-state index in [1.54, 1.807) is 12.1 Å². The van der Waals surface area contributed by atoms with Gasteiger partial charge in [-0.3, -0.25) is 4.79 Å². The number of hydrogen-bond acceptors (Lipinski definition) is 5. The van der Waals surface area contributed by atoms with Crippen LogP contribution in [0.25, 0.3) is 10.8 Å². The van der Waals surface area contributed by atoms with Crippen molar-refractivity contribution < 1.29 is 20.1 Å². The molecule has 1 amide bonds. The van der Waals surface area contributed by atoms with Crippen molar-refractivity contribution in [1.82, 2.24) is 5.43 Å². The Hall–Kier alpha value is -3.54. The number of aromatic hydroxyl groups is 3. The summed E-state index contributed by atoms with van der Waals surface area (Å²) >= 11 is 0. The topological polar surface area (TPSA) is 102 Å². The van der Waals surface area contributed by atoms with E-state index < -0.39 is 5.91 Å². The number of carbonyl (C=O) groups excluding carboxylic acids is 1. The third kappa shape index (κ3) is 2.98. The molecule has 24 heavy (non-hydrogen) atoms. The minimum absolute atomic E-state index is 0.0342. The van der Waals surface area contributed by atoms with Crippen LogP contribution in [0.4, 0.5) is 0 Å². The highest BCUT2D eigenvalue weighted by Crippen LogP contribution is 2.25. The standard InChI is InChI=1S/C18H14N2O4/c21-12-6-8-16(22)14(9-12)18(24)20-19-10-15-13-4-2-1-3-11(13)5-7-17(15)23/h1-10,21-23H,(H,20,24)/b19-10+. The number of hydrazone groups is 1. The van der Waals surface area contributed by atoms with Crippen molar-refractivity contribution in [3.8, 4) is 17.2 Å². The highest BCUT2D eigenvalue weighted by molar-refractivity contribution is 6.03. The van der Waals surface area contributed by atoms with Crippen LogP contribution in [0.5, 0.6) is 17.2 Å². The second kappa shape index (κ2) is 6.29. The van der Waals surface area contributed by atoms with Crippen LogP contribution in [-0.2, 0) is 0 Å². The van der Waals surface area contributed by atoms with E-state index in [0.717, 1.165) is 16.8 Å². The quantitative estimate of drug-likeness (QED) is 0.338. The molecule has 6 nitrogen and oxygen atoms in total. The summed E-state index contributed by atoms with van der Waals surface area (Å²) in [7, 11) is 0. The summed E-state index contributed by atoms with van der Waals surface area (Å²) in [6, 6.07) is 14.4. The SMILES string of the molecule is O=C(N/N=C/c1c(O)ccc2ccccc12)c1cc(O)ccc1O. The van der Waals surface area contributed by atoms with E-state index >= 15 is 0 Å². The van der Waals surface area contributed by atoms with Crippen molar-refractivity contribution in [1.29, 1.82) is 0 Å². The smallest absolute Gasteiger partial charge is 0.275 e. The fourth-order valence-electron chi connectivity index (χ4n) is 2.34. The molecule has 0 aliphatic carbocycles. The number of phenolic OH excluding ortho intramolecular Hbond substituents is 3. The first-order chi connectivity index (χ1) is 11.6. The van der Waals surface area contributed by atoms with Gasteiger partial charge in [0.25, 0.3) is 5.91 Å². The molecule has 120 valence electrons. The number of nitrogens with one attached hydrogen (secondary N) is 1. The third-order valence-corrected chi connectivity index (χ3v) is 3.53. The van der Waals surface area contributed by atoms with Gasteiger partial charge in [0, 0.05) is 5.56 Å². The van der Waals surface area contributed by atoms with Crippen molar-refractivity contribution in [3.05, 3.63) is 65.7 Å². The maximum Gasteiger partial charge on any atom is 0.275 e. The van der Waals surface area contributed by atoms with Gasteiger partial charge in [-0.05, 0) is 35.0 Å². The van der Waals surface area contributed by atoms with E-state index in [1.807, 2.05) is 24.3 Å². The number of phenols is 3. The lowest BCUT2D eigenvalue weighted by molar-refractivity contribution is 0.0952. The van der Waals surface area contributed by atoms with Crippen LogP contribution in [0.15, 0.2) is 59.7 Å². The van der Waals surface area contributed by atoms with Crippen LogP contribution >= 0.6 is 0 Å². The van der Waals surface area contributed by atoms with Crippen LogP contribution in [0.3, 0.4) is 0 Å². The van der Waals surface area contributed by atoms with Crippen LogP contribution in [-0.4, -0.2) is 27.4 Å². The second-order valence-corrected chi connectivity index (χ2v) is 5.12. The molecule has 0 saturated heterocycles. The van der Waals surface area contributed by atoms with Crippen molar-refractivity contribution in [2.75, 3.05) is 0 Å². The van der Waals surface area contributed by atoms with Gasteiger partial charge < -0.3 is 15.3 Å². The van der Waals surface area contributed by atoms with E-state index in [4.69, 9.17) is 0 Å². The Labute approximate surface area is 137 Å². The molecule has 0 saturated carbocycles. The van der Waals surface area contributed by atoms with E-state index in [1.165, 1.54) is 18.3 Å². The second-order valence-electron chi connectivity index (χ2n) is 5.12. The molecule has 0 aliphatic rings. The maximum absolute atomic E-state index is 12.0. The number of carbonyl (C=O) groups is 1. The van der Waals surface area contributed by atoms with Gasteiger partial charge in [0.1, 0.15) is 17.2 Å². The molecular weight excluding hydrogens is 308 g/mol. The van der Waals surface area contributed by atoms with Gasteiger partial charge in [-0.15, -0.1) is 0 Å². The molecule has 0 fully saturated rings. The number of nitrogens with zero attached hydrogens (tertiary/aromatic N) is 1. The summed E-state index contributed by atoms with van der Waals surface area (Å²) < 4.78 is 0. The molecule has 3 rings (SSSR count). The van der Waals surface area contributed by atoms with Crippen molar-refractivity contribution in [2.24, 2.45) is 5.10 Å². The largest absolute Gasteiger partial charge is 0.508 e. The van der Waals surface area contributed by atoms with Gasteiger partial charge in [0.15, 0.2) is 0 Å². The highest BCUT2D eigenvalue weighted by atomic mass is 16.3. The van der Waals surface area contributed by atoms with Gasteiger partial charge in [0.2, 0.25) is 0 Å². The lowest BCUT2D eigenvalue weighted by atomic mass is 10.0. The van der Waals surface area contributed by atoms with Gasteiger partial charge in [-0.1, -0.05) is 30.3 Å². The molecular formula is C18H14N2O4. The summed E-state index contributed by atoms with van der Waals surface area (Å²) in [6.07, 6.45) is 1.33. The number of amides is 1. The van der Waals surface area contributed by atoms with Gasteiger partial charge >= 0.3 is 0 Å². The Morgan fingerprint density at radius 1 is 0.958 bits per heavy atom. The van der Waals surface area contributed by atoms with Crippen LogP contribution in [0, 0.1) is 0 Å². The van der Waals surface area contributed by atoms with E-state index in [2.05, 4.69) is 10.5 Å². The lowest BCUT2D eigenvalue weighted by Crippen LogP contribution is -2.17. The Morgan fingerprint density at radius 2 is 1.71 bits per heavy atom. The molecule has 0 heterocycles. The number of rotatable bonds is 3. The van der Waals surface area contributed by atoms with Crippen LogP contribution in [0.2, 0.25) is 0 Å². The number of hydrogen-bond donors (Lipinski definition) is 4. The fourth-order valence-corrected chi connectivity index (χ4v) is 2.34. The molecule has 0 atom stereocenters. The Morgan fingerprint density at radius 3 is 2.54 bits per heavy atom. The van der Waals surface area contributed by atoms with Crippen molar-refractivity contribution in [2.45, 2.75) is 0 Å². The fraction of sp³-hybridized carbons (Fsp3) is 0. The zero-order valence-corrected chi connectivity index (χ0v) is 12.5. The van der Waals surface area contributed by atoms with E-state index in [-0.39, 0.29) is 22.8 Å². The average Bonchev–Trinajstić information content (AvgIpc) is 2.59. The number of benzene rings is 3. The molecule has 0 bridgehead atoms. The van der Waals surface area contributed by atoms with E-state index in [0.29, 0.717) is 5.56 Å². The van der Waals surface area contributed by atoms with Crippen molar-refractivity contribution in [3.63, 3.8) is 0 Å². The minimum Gasteiger partial charge on any atom is -0.508 e. The molecule has 0 radical (unpaired) electrons.